The summed E-state index contributed by atoms with van der Waals surface area (Å²) >= 11 is 1.80. The Morgan fingerprint density at radius 1 is 1.27 bits per heavy atom. The standard InChI is InChI=1S/C20H24N4OS/c1-13-3-2-4-14(9-13)19(25)23-8-7-17-18(12-23)26-20(22-17)24-15-5-6-16(24)11-21-10-15/h2-4,9,15-16,21H,5-8,10-12H2,1H3. The number of hydrogen-bond acceptors (Lipinski definition) is 5. The monoisotopic (exact) mass is 368 g/mol. The van der Waals surface area contributed by atoms with Crippen LogP contribution in [0.2, 0.25) is 0 Å². The number of carbonyl (C=O) groups is 1. The van der Waals surface area contributed by atoms with E-state index < -0.39 is 0 Å². The van der Waals surface area contributed by atoms with Crippen molar-refractivity contribution < 1.29 is 4.79 Å². The zero-order chi connectivity index (χ0) is 17.7. The Bertz CT molecular complexity index is 832. The second-order valence-corrected chi connectivity index (χ2v) is 8.73. The Balaban J connectivity index is 1.37. The van der Waals surface area contributed by atoms with E-state index in [1.807, 2.05) is 36.1 Å². The zero-order valence-electron chi connectivity index (χ0n) is 15.1. The van der Waals surface area contributed by atoms with Crippen LogP contribution < -0.4 is 10.2 Å². The molecule has 2 atom stereocenters. The van der Waals surface area contributed by atoms with Crippen molar-refractivity contribution in [3.63, 3.8) is 0 Å². The van der Waals surface area contributed by atoms with Crippen LogP contribution in [0.15, 0.2) is 24.3 Å². The first kappa shape index (κ1) is 16.3. The van der Waals surface area contributed by atoms with Crippen molar-refractivity contribution in [1.29, 1.82) is 0 Å². The van der Waals surface area contributed by atoms with Crippen LogP contribution in [0, 0.1) is 6.92 Å². The number of fused-ring (bicyclic) bond motifs is 3. The van der Waals surface area contributed by atoms with E-state index >= 15 is 0 Å². The second kappa shape index (κ2) is 6.35. The van der Waals surface area contributed by atoms with Crippen LogP contribution in [0.4, 0.5) is 5.13 Å². The van der Waals surface area contributed by atoms with E-state index in [2.05, 4.69) is 10.2 Å². The van der Waals surface area contributed by atoms with E-state index in [-0.39, 0.29) is 5.91 Å². The quantitative estimate of drug-likeness (QED) is 0.885. The summed E-state index contributed by atoms with van der Waals surface area (Å²) in [5.41, 5.74) is 3.12. The van der Waals surface area contributed by atoms with Crippen molar-refractivity contribution in [2.75, 3.05) is 24.5 Å². The van der Waals surface area contributed by atoms with Gasteiger partial charge in [-0.2, -0.15) is 0 Å². The lowest BCUT2D eigenvalue weighted by atomic mass is 10.1. The molecule has 1 amide bonds. The summed E-state index contributed by atoms with van der Waals surface area (Å²) in [5.74, 6) is 0.136. The summed E-state index contributed by atoms with van der Waals surface area (Å²) in [6.07, 6.45) is 3.39. The summed E-state index contributed by atoms with van der Waals surface area (Å²) in [6, 6.07) is 9.07. The number of aryl methyl sites for hydroxylation is 1. The Morgan fingerprint density at radius 3 is 2.85 bits per heavy atom. The first-order valence-corrected chi connectivity index (χ1v) is 10.3. The minimum atomic E-state index is 0.136. The molecule has 3 aliphatic heterocycles. The number of nitrogens with zero attached hydrogens (tertiary/aromatic N) is 3. The molecule has 4 heterocycles. The lowest BCUT2D eigenvalue weighted by Gasteiger charge is -2.35. The van der Waals surface area contributed by atoms with Crippen LogP contribution in [0.1, 0.15) is 39.3 Å². The summed E-state index contributed by atoms with van der Waals surface area (Å²) < 4.78 is 0. The zero-order valence-corrected chi connectivity index (χ0v) is 15.9. The molecule has 1 aromatic carbocycles. The Labute approximate surface area is 158 Å². The van der Waals surface area contributed by atoms with Gasteiger partial charge < -0.3 is 15.1 Å². The van der Waals surface area contributed by atoms with Gasteiger partial charge in [-0.05, 0) is 31.9 Å². The summed E-state index contributed by atoms with van der Waals surface area (Å²) in [7, 11) is 0. The molecule has 5 rings (SSSR count). The molecule has 3 aliphatic rings. The van der Waals surface area contributed by atoms with E-state index in [9.17, 15) is 4.79 Å². The largest absolute Gasteiger partial charge is 0.340 e. The maximum atomic E-state index is 12.9. The molecule has 5 nitrogen and oxygen atoms in total. The highest BCUT2D eigenvalue weighted by atomic mass is 32.1. The molecule has 2 fully saturated rings. The molecule has 1 N–H and O–H groups in total. The van der Waals surface area contributed by atoms with Crippen LogP contribution in [0.3, 0.4) is 0 Å². The normalized spacial score (nSPS) is 24.7. The molecule has 6 heteroatoms. The highest BCUT2D eigenvalue weighted by Gasteiger charge is 2.39. The molecule has 2 saturated heterocycles. The van der Waals surface area contributed by atoms with Gasteiger partial charge in [0, 0.05) is 48.6 Å². The van der Waals surface area contributed by atoms with E-state index in [4.69, 9.17) is 4.98 Å². The molecule has 0 radical (unpaired) electrons. The predicted octanol–water partition coefficient (Wildman–Crippen LogP) is 2.59. The van der Waals surface area contributed by atoms with E-state index in [1.54, 1.807) is 11.3 Å². The fourth-order valence-electron chi connectivity index (χ4n) is 4.52. The highest BCUT2D eigenvalue weighted by Crippen LogP contribution is 2.38. The SMILES string of the molecule is Cc1cccc(C(=O)N2CCc3nc(N4C5CCC4CNC5)sc3C2)c1. The van der Waals surface area contributed by atoms with Crippen LogP contribution in [-0.4, -0.2) is 47.5 Å². The van der Waals surface area contributed by atoms with Crippen LogP contribution >= 0.6 is 11.3 Å². The predicted molar refractivity (Wildman–Crippen MR) is 104 cm³/mol. The first-order valence-electron chi connectivity index (χ1n) is 9.52. The van der Waals surface area contributed by atoms with E-state index in [0.717, 1.165) is 37.2 Å². The maximum Gasteiger partial charge on any atom is 0.254 e. The van der Waals surface area contributed by atoms with Crippen molar-refractivity contribution in [1.82, 2.24) is 15.2 Å². The lowest BCUT2D eigenvalue weighted by Crippen LogP contribution is -2.51. The molecule has 1 aromatic heterocycles. The highest BCUT2D eigenvalue weighted by molar-refractivity contribution is 7.15. The van der Waals surface area contributed by atoms with Gasteiger partial charge in [-0.25, -0.2) is 4.98 Å². The fraction of sp³-hybridized carbons (Fsp3) is 0.500. The van der Waals surface area contributed by atoms with Crippen LogP contribution in [0.25, 0.3) is 0 Å². The number of aromatic nitrogens is 1. The molecule has 2 unspecified atom stereocenters. The average molecular weight is 369 g/mol. The van der Waals surface area contributed by atoms with Gasteiger partial charge >= 0.3 is 0 Å². The number of rotatable bonds is 2. The summed E-state index contributed by atoms with van der Waals surface area (Å²) in [4.78, 5) is 23.6. The molecule has 26 heavy (non-hydrogen) atoms. The number of thiazole rings is 1. The van der Waals surface area contributed by atoms with Gasteiger partial charge in [0.1, 0.15) is 0 Å². The summed E-state index contributed by atoms with van der Waals surface area (Å²) in [5, 5.41) is 4.71. The van der Waals surface area contributed by atoms with E-state index in [1.165, 1.54) is 28.5 Å². The van der Waals surface area contributed by atoms with Gasteiger partial charge in [0.25, 0.3) is 5.91 Å². The third kappa shape index (κ3) is 2.72. The van der Waals surface area contributed by atoms with E-state index in [0.29, 0.717) is 18.6 Å². The number of hydrogen-bond donors (Lipinski definition) is 1. The average Bonchev–Trinajstić information content (AvgIpc) is 3.17. The molecule has 0 spiro atoms. The van der Waals surface area contributed by atoms with Gasteiger partial charge in [0.2, 0.25) is 0 Å². The van der Waals surface area contributed by atoms with Gasteiger partial charge in [-0.1, -0.05) is 29.0 Å². The van der Waals surface area contributed by atoms with Crippen molar-refractivity contribution in [3.05, 3.63) is 46.0 Å². The molecular formula is C20H24N4OS. The smallest absolute Gasteiger partial charge is 0.254 e. The van der Waals surface area contributed by atoms with Crippen molar-refractivity contribution in [3.8, 4) is 0 Å². The number of anilines is 1. The van der Waals surface area contributed by atoms with Gasteiger partial charge in [-0.3, -0.25) is 4.79 Å². The van der Waals surface area contributed by atoms with Crippen molar-refractivity contribution in [2.24, 2.45) is 0 Å². The first-order chi connectivity index (χ1) is 12.7. The lowest BCUT2D eigenvalue weighted by molar-refractivity contribution is 0.0736. The van der Waals surface area contributed by atoms with Gasteiger partial charge in [-0.15, -0.1) is 0 Å². The number of benzene rings is 1. The minimum Gasteiger partial charge on any atom is -0.340 e. The molecular weight excluding hydrogens is 344 g/mol. The third-order valence-corrected chi connectivity index (χ3v) is 6.97. The molecule has 0 saturated carbocycles. The molecule has 2 aromatic rings. The summed E-state index contributed by atoms with van der Waals surface area (Å²) in [6.45, 7) is 5.62. The number of nitrogens with one attached hydrogen (secondary N) is 1. The maximum absolute atomic E-state index is 12.9. The number of piperazine rings is 1. The van der Waals surface area contributed by atoms with Crippen molar-refractivity contribution in [2.45, 2.75) is 44.8 Å². The molecule has 136 valence electrons. The Kier molecular flexibility index (Phi) is 3.98. The third-order valence-electron chi connectivity index (χ3n) is 5.87. The Hall–Kier alpha value is -1.92. The van der Waals surface area contributed by atoms with Gasteiger partial charge in [0.15, 0.2) is 5.13 Å². The van der Waals surface area contributed by atoms with Crippen LogP contribution in [0.5, 0.6) is 0 Å². The van der Waals surface area contributed by atoms with Gasteiger partial charge in [0.05, 0.1) is 12.2 Å². The number of carbonyl (C=O) groups excluding carboxylic acids is 1. The fourth-order valence-corrected chi connectivity index (χ4v) is 5.78. The molecule has 0 aliphatic carbocycles. The topological polar surface area (TPSA) is 48.5 Å². The second-order valence-electron chi connectivity index (χ2n) is 7.66. The number of amides is 1. The van der Waals surface area contributed by atoms with Crippen LogP contribution in [-0.2, 0) is 13.0 Å². The molecule has 2 bridgehead atoms. The minimum absolute atomic E-state index is 0.136. The Morgan fingerprint density at radius 2 is 2.08 bits per heavy atom. The van der Waals surface area contributed by atoms with Crippen molar-refractivity contribution >= 4 is 22.4 Å².